The van der Waals surface area contributed by atoms with Gasteiger partial charge in [0.25, 0.3) is 11.8 Å². The molecule has 0 saturated heterocycles. The second-order valence-electron chi connectivity index (χ2n) is 5.99. The Morgan fingerprint density at radius 3 is 1.87 bits per heavy atom. The van der Waals surface area contributed by atoms with Crippen LogP contribution in [0.5, 0.6) is 11.5 Å². The van der Waals surface area contributed by atoms with Gasteiger partial charge in [-0.15, -0.1) is 0 Å². The van der Waals surface area contributed by atoms with Crippen LogP contribution in [0.25, 0.3) is 0 Å². The highest BCUT2D eigenvalue weighted by Crippen LogP contribution is 2.20. The third-order valence-electron chi connectivity index (χ3n) is 3.63. The predicted octanol–water partition coefficient (Wildman–Crippen LogP) is 3.96. The van der Waals surface area contributed by atoms with Gasteiger partial charge >= 0.3 is 0 Å². The van der Waals surface area contributed by atoms with Crippen LogP contribution in [0.15, 0.2) is 54.9 Å². The van der Waals surface area contributed by atoms with Crippen LogP contribution < -0.4 is 20.1 Å². The molecule has 8 nitrogen and oxygen atoms in total. The van der Waals surface area contributed by atoms with E-state index in [-0.39, 0.29) is 35.6 Å². The lowest BCUT2D eigenvalue weighted by Gasteiger charge is -2.09. The quantitative estimate of drug-likeness (QED) is 0.522. The Morgan fingerprint density at radius 1 is 0.839 bits per heavy atom. The molecule has 3 aromatic rings. The zero-order valence-corrected chi connectivity index (χ0v) is 17.3. The van der Waals surface area contributed by atoms with E-state index in [2.05, 4.69) is 20.6 Å². The second kappa shape index (κ2) is 10.6. The third-order valence-corrected chi connectivity index (χ3v) is 4.19. The van der Waals surface area contributed by atoms with Crippen molar-refractivity contribution in [3.8, 4) is 11.5 Å². The Balaban J connectivity index is 1.43. The molecule has 0 atom stereocenters. The lowest BCUT2D eigenvalue weighted by Crippen LogP contribution is -2.22. The maximum Gasteiger partial charge on any atom is 0.263 e. The number of carbonyl (C=O) groups is 2. The normalized spacial score (nSPS) is 10.3. The van der Waals surface area contributed by atoms with Gasteiger partial charge in [-0.05, 0) is 36.4 Å². The number of amides is 2. The van der Waals surface area contributed by atoms with Crippen molar-refractivity contribution in [1.29, 1.82) is 0 Å². The van der Waals surface area contributed by atoms with Gasteiger partial charge in [-0.3, -0.25) is 9.59 Å². The number of ether oxygens (including phenoxy) is 2. The van der Waals surface area contributed by atoms with Crippen molar-refractivity contribution in [2.45, 2.75) is 0 Å². The van der Waals surface area contributed by atoms with E-state index in [1.165, 1.54) is 24.5 Å². The molecule has 0 aliphatic heterocycles. The zero-order valence-electron chi connectivity index (χ0n) is 15.8. The molecule has 0 aliphatic carbocycles. The summed E-state index contributed by atoms with van der Waals surface area (Å²) in [6.07, 6.45) is 2.53. The van der Waals surface area contributed by atoms with E-state index < -0.39 is 17.6 Å². The van der Waals surface area contributed by atoms with E-state index in [0.717, 1.165) is 6.07 Å². The molecule has 3 rings (SSSR count). The van der Waals surface area contributed by atoms with Crippen molar-refractivity contribution in [1.82, 2.24) is 9.97 Å². The van der Waals surface area contributed by atoms with Crippen LogP contribution in [-0.2, 0) is 9.59 Å². The summed E-state index contributed by atoms with van der Waals surface area (Å²) in [7, 11) is 0. The minimum atomic E-state index is -0.651. The molecule has 0 bridgehead atoms. The largest absolute Gasteiger partial charge is 0.484 e. The molecule has 0 radical (unpaired) electrons. The van der Waals surface area contributed by atoms with Gasteiger partial charge in [0.2, 0.25) is 0 Å². The number of nitrogens with zero attached hydrogens (tertiary/aromatic N) is 2. The lowest BCUT2D eigenvalue weighted by molar-refractivity contribution is -0.118. The molecule has 2 N–H and O–H groups in total. The van der Waals surface area contributed by atoms with Crippen molar-refractivity contribution >= 4 is 46.7 Å². The Kier molecular flexibility index (Phi) is 7.58. The van der Waals surface area contributed by atoms with Gasteiger partial charge in [0.15, 0.2) is 24.8 Å². The standard InChI is InChI=1S/C20H15Cl2FN4O4/c21-12-1-3-13(4-2-12)30-10-19(28)26-17-8-25-18(9-24-17)27-20(29)11-31-14-5-6-15(22)16(23)7-14/h1-9H,10-11H2,(H,24,26,28)(H,25,27,29). The molecular formula is C20H15Cl2FN4O4. The van der Waals surface area contributed by atoms with Gasteiger partial charge in [0, 0.05) is 11.1 Å². The monoisotopic (exact) mass is 464 g/mol. The van der Waals surface area contributed by atoms with Gasteiger partial charge in [-0.1, -0.05) is 23.2 Å². The number of benzene rings is 2. The number of aromatic nitrogens is 2. The molecule has 0 fully saturated rings. The number of hydrogen-bond acceptors (Lipinski definition) is 6. The van der Waals surface area contributed by atoms with E-state index >= 15 is 0 Å². The van der Waals surface area contributed by atoms with Crippen molar-refractivity contribution < 1.29 is 23.5 Å². The molecule has 11 heteroatoms. The van der Waals surface area contributed by atoms with Crippen LogP contribution in [-0.4, -0.2) is 35.0 Å². The molecule has 1 aromatic heterocycles. The van der Waals surface area contributed by atoms with E-state index in [9.17, 15) is 14.0 Å². The number of anilines is 2. The molecule has 2 aromatic carbocycles. The first-order valence-corrected chi connectivity index (χ1v) is 9.52. The summed E-state index contributed by atoms with van der Waals surface area (Å²) in [6, 6.07) is 10.4. The smallest absolute Gasteiger partial charge is 0.263 e. The highest BCUT2D eigenvalue weighted by molar-refractivity contribution is 6.31. The highest BCUT2D eigenvalue weighted by atomic mass is 35.5. The summed E-state index contributed by atoms with van der Waals surface area (Å²) in [5, 5.41) is 5.49. The average Bonchev–Trinajstić information content (AvgIpc) is 2.75. The molecular weight excluding hydrogens is 450 g/mol. The number of hydrogen-bond donors (Lipinski definition) is 2. The van der Waals surface area contributed by atoms with Crippen LogP contribution in [0.1, 0.15) is 0 Å². The molecule has 1 heterocycles. The van der Waals surface area contributed by atoms with Crippen LogP contribution in [0.2, 0.25) is 10.0 Å². The fourth-order valence-corrected chi connectivity index (χ4v) is 2.45. The van der Waals surface area contributed by atoms with Crippen LogP contribution in [0, 0.1) is 5.82 Å². The van der Waals surface area contributed by atoms with Crippen molar-refractivity contribution in [3.63, 3.8) is 0 Å². The molecule has 31 heavy (non-hydrogen) atoms. The van der Waals surface area contributed by atoms with Gasteiger partial charge in [0.05, 0.1) is 17.4 Å². The molecule has 0 saturated carbocycles. The molecule has 0 aliphatic rings. The molecule has 160 valence electrons. The maximum absolute atomic E-state index is 13.4. The highest BCUT2D eigenvalue weighted by Gasteiger charge is 2.09. The lowest BCUT2D eigenvalue weighted by atomic mass is 10.3. The summed E-state index contributed by atoms with van der Waals surface area (Å²) >= 11 is 11.4. The number of halogens is 3. The first-order valence-electron chi connectivity index (χ1n) is 8.77. The van der Waals surface area contributed by atoms with Gasteiger partial charge in [0.1, 0.15) is 17.3 Å². The first kappa shape index (κ1) is 22.3. The average molecular weight is 465 g/mol. The predicted molar refractivity (Wildman–Crippen MR) is 113 cm³/mol. The Bertz CT molecular complexity index is 1070. The Labute approximate surface area is 186 Å². The summed E-state index contributed by atoms with van der Waals surface area (Å²) in [5.74, 6) is -0.653. The van der Waals surface area contributed by atoms with Gasteiger partial charge in [-0.25, -0.2) is 14.4 Å². The summed E-state index contributed by atoms with van der Waals surface area (Å²) < 4.78 is 23.9. The Morgan fingerprint density at radius 2 is 1.35 bits per heavy atom. The van der Waals surface area contributed by atoms with E-state index in [1.807, 2.05) is 0 Å². The minimum absolute atomic E-state index is 0.0456. The summed E-state index contributed by atoms with van der Waals surface area (Å²) in [6.45, 7) is -0.603. The van der Waals surface area contributed by atoms with E-state index in [4.69, 9.17) is 32.7 Å². The van der Waals surface area contributed by atoms with Crippen molar-refractivity contribution in [2.75, 3.05) is 23.8 Å². The second-order valence-corrected chi connectivity index (χ2v) is 6.83. The van der Waals surface area contributed by atoms with Gasteiger partial charge in [-0.2, -0.15) is 0 Å². The Hall–Kier alpha value is -3.43. The number of rotatable bonds is 8. The number of carbonyl (C=O) groups excluding carboxylic acids is 2. The maximum atomic E-state index is 13.4. The van der Waals surface area contributed by atoms with E-state index in [1.54, 1.807) is 24.3 Å². The van der Waals surface area contributed by atoms with Crippen LogP contribution >= 0.6 is 23.2 Å². The molecule has 0 spiro atoms. The van der Waals surface area contributed by atoms with Crippen LogP contribution in [0.3, 0.4) is 0 Å². The molecule has 2 amide bonds. The topological polar surface area (TPSA) is 102 Å². The molecule has 0 unspecified atom stereocenters. The number of nitrogens with one attached hydrogen (secondary N) is 2. The first-order chi connectivity index (χ1) is 14.9. The van der Waals surface area contributed by atoms with Gasteiger partial charge < -0.3 is 20.1 Å². The zero-order chi connectivity index (χ0) is 22.2. The van der Waals surface area contributed by atoms with Crippen molar-refractivity contribution in [2.24, 2.45) is 0 Å². The fourth-order valence-electron chi connectivity index (χ4n) is 2.21. The SMILES string of the molecule is O=C(COc1ccc(Cl)cc1)Nc1cnc(NC(=O)COc2ccc(Cl)c(F)c2)cn1. The van der Waals surface area contributed by atoms with Crippen LogP contribution in [0.4, 0.5) is 16.0 Å². The minimum Gasteiger partial charge on any atom is -0.484 e. The summed E-state index contributed by atoms with van der Waals surface area (Å²) in [4.78, 5) is 31.8. The fraction of sp³-hybridized carbons (Fsp3) is 0.100. The summed E-state index contributed by atoms with van der Waals surface area (Å²) in [5.41, 5.74) is 0. The van der Waals surface area contributed by atoms with Crippen molar-refractivity contribution in [3.05, 3.63) is 70.7 Å². The van der Waals surface area contributed by atoms with E-state index in [0.29, 0.717) is 10.8 Å². The third kappa shape index (κ3) is 7.09.